The number of nitrogens with two attached hydrogens (primary N) is 2. The maximum Gasteiger partial charge on any atom is 0.320 e. The van der Waals surface area contributed by atoms with Crippen molar-refractivity contribution in [2.75, 3.05) is 6.54 Å². The highest BCUT2D eigenvalue weighted by molar-refractivity contribution is 5.77. The summed E-state index contributed by atoms with van der Waals surface area (Å²) in [7, 11) is 0. The largest absolute Gasteiger partial charge is 0.480 e. The maximum absolute atomic E-state index is 10.3. The van der Waals surface area contributed by atoms with Gasteiger partial charge in [-0.05, 0) is 13.3 Å². The Kier molecular flexibility index (Phi) is 5.54. The van der Waals surface area contributed by atoms with Crippen molar-refractivity contribution in [1.29, 1.82) is 0 Å². The van der Waals surface area contributed by atoms with E-state index in [2.05, 4.69) is 4.99 Å². The van der Waals surface area contributed by atoms with Gasteiger partial charge >= 0.3 is 5.97 Å². The standard InChI is InChI=1S/C8H15N3O2/c1-6(9)11-5-3-2-4-7(10)8(12)13/h2-3,7H,4-5,10H2,1H3,(H2,9,11)(H,12,13)/b3-2-. The fourth-order valence-electron chi connectivity index (χ4n) is 0.615. The summed E-state index contributed by atoms with van der Waals surface area (Å²) >= 11 is 0. The van der Waals surface area contributed by atoms with Gasteiger partial charge in [0.25, 0.3) is 0 Å². The summed E-state index contributed by atoms with van der Waals surface area (Å²) in [5, 5.41) is 8.42. The van der Waals surface area contributed by atoms with E-state index >= 15 is 0 Å². The van der Waals surface area contributed by atoms with E-state index < -0.39 is 12.0 Å². The minimum Gasteiger partial charge on any atom is -0.480 e. The molecule has 0 aromatic heterocycles. The lowest BCUT2D eigenvalue weighted by molar-refractivity contribution is -0.138. The van der Waals surface area contributed by atoms with Gasteiger partial charge in [0.2, 0.25) is 0 Å². The lowest BCUT2D eigenvalue weighted by Gasteiger charge is -1.99. The Bertz CT molecular complexity index is 219. The smallest absolute Gasteiger partial charge is 0.320 e. The highest BCUT2D eigenvalue weighted by atomic mass is 16.4. The molecule has 74 valence electrons. The first-order valence-electron chi connectivity index (χ1n) is 3.94. The molecule has 0 amide bonds. The summed E-state index contributed by atoms with van der Waals surface area (Å²) in [6.07, 6.45) is 3.73. The minimum absolute atomic E-state index is 0.314. The molecule has 0 aliphatic carbocycles. The van der Waals surface area contributed by atoms with Crippen LogP contribution >= 0.6 is 0 Å². The Morgan fingerprint density at radius 2 is 2.23 bits per heavy atom. The SMILES string of the molecule is CC(N)=NC/C=C\CC(N)C(=O)O. The summed E-state index contributed by atoms with van der Waals surface area (Å²) in [6, 6.07) is -0.834. The molecule has 0 fully saturated rings. The molecule has 0 bridgehead atoms. The van der Waals surface area contributed by atoms with Crippen LogP contribution in [-0.4, -0.2) is 29.5 Å². The molecule has 0 aliphatic rings. The molecule has 0 radical (unpaired) electrons. The molecule has 0 spiro atoms. The van der Waals surface area contributed by atoms with Crippen molar-refractivity contribution in [2.45, 2.75) is 19.4 Å². The van der Waals surface area contributed by atoms with Gasteiger partial charge in [-0.15, -0.1) is 0 Å². The number of aliphatic carboxylic acids is 1. The normalized spacial score (nSPS) is 14.8. The van der Waals surface area contributed by atoms with Crippen LogP contribution in [0.3, 0.4) is 0 Å². The lowest BCUT2D eigenvalue weighted by Crippen LogP contribution is -2.29. The van der Waals surface area contributed by atoms with Gasteiger partial charge in [0, 0.05) is 0 Å². The summed E-state index contributed by atoms with van der Waals surface area (Å²) in [6.45, 7) is 2.16. The summed E-state index contributed by atoms with van der Waals surface area (Å²) in [5.41, 5.74) is 10.5. The summed E-state index contributed by atoms with van der Waals surface area (Å²) in [5.74, 6) is -0.490. The van der Waals surface area contributed by atoms with Gasteiger partial charge < -0.3 is 16.6 Å². The number of amidine groups is 1. The third kappa shape index (κ3) is 7.02. The number of carboxylic acid groups (broad SMARTS) is 1. The number of hydrogen-bond acceptors (Lipinski definition) is 3. The molecule has 0 aromatic carbocycles. The lowest BCUT2D eigenvalue weighted by atomic mass is 10.2. The van der Waals surface area contributed by atoms with Crippen LogP contribution in [0.25, 0.3) is 0 Å². The number of hydrogen-bond donors (Lipinski definition) is 3. The fourth-order valence-corrected chi connectivity index (χ4v) is 0.615. The Labute approximate surface area is 77.1 Å². The Balaban J connectivity index is 3.64. The van der Waals surface area contributed by atoms with Crippen molar-refractivity contribution in [3.8, 4) is 0 Å². The maximum atomic E-state index is 10.3. The third-order valence-electron chi connectivity index (χ3n) is 1.32. The van der Waals surface area contributed by atoms with Crippen molar-refractivity contribution in [1.82, 2.24) is 0 Å². The molecule has 5 nitrogen and oxygen atoms in total. The first-order chi connectivity index (χ1) is 6.04. The van der Waals surface area contributed by atoms with Gasteiger partial charge in [-0.25, -0.2) is 0 Å². The average Bonchev–Trinajstić information content (AvgIpc) is 2.02. The molecular weight excluding hydrogens is 170 g/mol. The van der Waals surface area contributed by atoms with Gasteiger partial charge in [0.1, 0.15) is 6.04 Å². The van der Waals surface area contributed by atoms with Crippen LogP contribution in [0.2, 0.25) is 0 Å². The quantitative estimate of drug-likeness (QED) is 0.311. The zero-order valence-electron chi connectivity index (χ0n) is 7.60. The van der Waals surface area contributed by atoms with E-state index in [0.29, 0.717) is 18.8 Å². The van der Waals surface area contributed by atoms with Gasteiger partial charge in [-0.2, -0.15) is 0 Å². The van der Waals surface area contributed by atoms with Crippen LogP contribution in [0, 0.1) is 0 Å². The zero-order valence-corrected chi connectivity index (χ0v) is 7.60. The van der Waals surface area contributed by atoms with E-state index in [-0.39, 0.29) is 0 Å². The second kappa shape index (κ2) is 6.19. The molecule has 0 saturated heterocycles. The highest BCUT2D eigenvalue weighted by Gasteiger charge is 2.07. The first-order valence-corrected chi connectivity index (χ1v) is 3.94. The Morgan fingerprint density at radius 1 is 1.62 bits per heavy atom. The van der Waals surface area contributed by atoms with Crippen molar-refractivity contribution >= 4 is 11.8 Å². The summed E-state index contributed by atoms with van der Waals surface area (Å²) < 4.78 is 0. The van der Waals surface area contributed by atoms with Gasteiger partial charge in [0.05, 0.1) is 12.4 Å². The Morgan fingerprint density at radius 3 is 2.69 bits per heavy atom. The zero-order chi connectivity index (χ0) is 10.3. The predicted molar refractivity (Wildman–Crippen MR) is 51.5 cm³/mol. The first kappa shape index (κ1) is 11.6. The Hall–Kier alpha value is -1.36. The van der Waals surface area contributed by atoms with Crippen LogP contribution in [0.4, 0.5) is 0 Å². The van der Waals surface area contributed by atoms with Crippen LogP contribution in [-0.2, 0) is 4.79 Å². The van der Waals surface area contributed by atoms with Crippen molar-refractivity contribution < 1.29 is 9.90 Å². The molecule has 5 N–H and O–H groups in total. The molecule has 0 heterocycles. The van der Waals surface area contributed by atoms with Crippen LogP contribution in [0.1, 0.15) is 13.3 Å². The second-order valence-corrected chi connectivity index (χ2v) is 2.63. The van der Waals surface area contributed by atoms with Crippen molar-refractivity contribution in [3.05, 3.63) is 12.2 Å². The van der Waals surface area contributed by atoms with Gasteiger partial charge in [-0.3, -0.25) is 9.79 Å². The van der Waals surface area contributed by atoms with E-state index in [0.717, 1.165) is 0 Å². The van der Waals surface area contributed by atoms with Crippen LogP contribution in [0.15, 0.2) is 17.1 Å². The average molecular weight is 185 g/mol. The molecule has 0 saturated carbocycles. The van der Waals surface area contributed by atoms with E-state index in [1.54, 1.807) is 19.1 Å². The number of carboxylic acids is 1. The van der Waals surface area contributed by atoms with E-state index in [4.69, 9.17) is 16.6 Å². The van der Waals surface area contributed by atoms with Crippen LogP contribution < -0.4 is 11.5 Å². The molecule has 1 atom stereocenters. The van der Waals surface area contributed by atoms with Crippen molar-refractivity contribution in [3.63, 3.8) is 0 Å². The van der Waals surface area contributed by atoms with E-state index in [9.17, 15) is 4.79 Å². The number of rotatable bonds is 5. The predicted octanol–water partition coefficient (Wildman–Crippen LogP) is -0.278. The second-order valence-electron chi connectivity index (χ2n) is 2.63. The third-order valence-corrected chi connectivity index (χ3v) is 1.32. The molecule has 0 rings (SSSR count). The topological polar surface area (TPSA) is 102 Å². The minimum atomic E-state index is -0.997. The molecule has 0 aromatic rings. The van der Waals surface area contributed by atoms with E-state index in [1.807, 2.05) is 0 Å². The molecular formula is C8H15N3O2. The van der Waals surface area contributed by atoms with E-state index in [1.165, 1.54) is 0 Å². The molecule has 1 unspecified atom stereocenters. The number of carbonyl (C=O) groups is 1. The van der Waals surface area contributed by atoms with Gasteiger partial charge in [-0.1, -0.05) is 12.2 Å². The number of nitrogens with zero attached hydrogens (tertiary/aromatic N) is 1. The number of aliphatic imine (C=N–C) groups is 1. The molecule has 5 heteroatoms. The molecule has 0 aliphatic heterocycles. The van der Waals surface area contributed by atoms with Crippen molar-refractivity contribution in [2.24, 2.45) is 16.5 Å². The molecule has 13 heavy (non-hydrogen) atoms. The highest BCUT2D eigenvalue weighted by Crippen LogP contribution is 1.90. The monoisotopic (exact) mass is 185 g/mol. The van der Waals surface area contributed by atoms with Gasteiger partial charge in [0.15, 0.2) is 0 Å². The fraction of sp³-hybridized carbons (Fsp3) is 0.500. The summed E-state index contributed by atoms with van der Waals surface area (Å²) in [4.78, 5) is 14.2. The van der Waals surface area contributed by atoms with Crippen LogP contribution in [0.5, 0.6) is 0 Å².